The van der Waals surface area contributed by atoms with Crippen molar-refractivity contribution in [3.8, 4) is 0 Å². The van der Waals surface area contributed by atoms with Crippen LogP contribution in [0.15, 0.2) is 18.2 Å². The highest BCUT2D eigenvalue weighted by molar-refractivity contribution is 5.98. The third-order valence-corrected chi connectivity index (χ3v) is 6.31. The summed E-state index contributed by atoms with van der Waals surface area (Å²) in [5.41, 5.74) is 5.77. The Morgan fingerprint density at radius 2 is 1.89 bits per heavy atom. The van der Waals surface area contributed by atoms with Crippen LogP contribution in [0.1, 0.15) is 48.9 Å². The number of likely N-dealkylation sites (tertiary alicyclic amines) is 2. The van der Waals surface area contributed by atoms with Crippen LogP contribution in [0.2, 0.25) is 0 Å². The minimum atomic E-state index is -0.881. The lowest BCUT2D eigenvalue weighted by molar-refractivity contribution is -0.134. The molecule has 1 aromatic rings. The molecular formula is C20H25F2N3O2. The average molecular weight is 377 g/mol. The highest BCUT2D eigenvalue weighted by Crippen LogP contribution is 2.41. The van der Waals surface area contributed by atoms with Gasteiger partial charge in [-0.15, -0.1) is 0 Å². The fourth-order valence-corrected chi connectivity index (χ4v) is 4.97. The monoisotopic (exact) mass is 377 g/mol. The SMILES string of the molecule is N[C@@H]1CCN(C(=O)C2CC3CCCCC3N2C(=O)c2ccc(F)cc2F)C1. The Morgan fingerprint density at radius 1 is 1.11 bits per heavy atom. The molecule has 0 radical (unpaired) electrons. The Morgan fingerprint density at radius 3 is 2.59 bits per heavy atom. The molecule has 4 rings (SSSR count). The molecular weight excluding hydrogens is 352 g/mol. The van der Waals surface area contributed by atoms with E-state index in [4.69, 9.17) is 5.73 Å². The summed E-state index contributed by atoms with van der Waals surface area (Å²) in [7, 11) is 0. The molecule has 3 fully saturated rings. The minimum Gasteiger partial charge on any atom is -0.339 e. The summed E-state index contributed by atoms with van der Waals surface area (Å²) in [6.07, 6.45) is 5.25. The number of carbonyl (C=O) groups excluding carboxylic acids is 2. The van der Waals surface area contributed by atoms with Crippen molar-refractivity contribution < 1.29 is 18.4 Å². The Balaban J connectivity index is 1.65. The van der Waals surface area contributed by atoms with E-state index in [1.807, 2.05) is 0 Å². The average Bonchev–Trinajstić information content (AvgIpc) is 3.24. The first-order valence-electron chi connectivity index (χ1n) is 9.78. The van der Waals surface area contributed by atoms with Crippen LogP contribution in [-0.4, -0.2) is 52.8 Å². The van der Waals surface area contributed by atoms with Crippen LogP contribution in [0.5, 0.6) is 0 Å². The molecule has 2 N–H and O–H groups in total. The van der Waals surface area contributed by atoms with Gasteiger partial charge in [-0.05, 0) is 43.7 Å². The first-order chi connectivity index (χ1) is 13.0. The van der Waals surface area contributed by atoms with Gasteiger partial charge in [0.15, 0.2) is 0 Å². The van der Waals surface area contributed by atoms with Crippen molar-refractivity contribution in [1.29, 1.82) is 0 Å². The van der Waals surface area contributed by atoms with Crippen LogP contribution < -0.4 is 5.73 Å². The first kappa shape index (κ1) is 18.3. The number of fused-ring (bicyclic) bond motifs is 1. The van der Waals surface area contributed by atoms with Gasteiger partial charge in [-0.2, -0.15) is 0 Å². The number of nitrogens with zero attached hydrogens (tertiary/aromatic N) is 2. The number of amides is 2. The van der Waals surface area contributed by atoms with E-state index in [-0.39, 0.29) is 29.5 Å². The van der Waals surface area contributed by atoms with Crippen molar-refractivity contribution in [2.24, 2.45) is 11.7 Å². The van der Waals surface area contributed by atoms with Crippen molar-refractivity contribution in [2.45, 2.75) is 56.7 Å². The molecule has 1 aromatic carbocycles. The maximum Gasteiger partial charge on any atom is 0.257 e. The van der Waals surface area contributed by atoms with Gasteiger partial charge in [-0.25, -0.2) is 8.78 Å². The standard InChI is InChI=1S/C20H25F2N3O2/c21-13-5-6-15(16(22)10-13)19(26)25-17-4-2-1-3-12(17)9-18(25)20(27)24-8-7-14(23)11-24/h5-6,10,12,14,17-18H,1-4,7-9,11,23H2/t12?,14-,17?,18?/m1/s1. The maximum atomic E-state index is 14.3. The summed E-state index contributed by atoms with van der Waals surface area (Å²) < 4.78 is 27.5. The smallest absolute Gasteiger partial charge is 0.257 e. The van der Waals surface area contributed by atoms with E-state index >= 15 is 0 Å². The molecule has 1 aliphatic carbocycles. The molecule has 0 bridgehead atoms. The van der Waals surface area contributed by atoms with E-state index in [1.54, 1.807) is 9.80 Å². The maximum absolute atomic E-state index is 14.3. The lowest BCUT2D eigenvalue weighted by Gasteiger charge is -2.34. The number of nitrogens with two attached hydrogens (primary N) is 1. The zero-order chi connectivity index (χ0) is 19.1. The molecule has 5 nitrogen and oxygen atoms in total. The zero-order valence-corrected chi connectivity index (χ0v) is 15.2. The van der Waals surface area contributed by atoms with Crippen molar-refractivity contribution in [1.82, 2.24) is 9.80 Å². The second kappa shape index (κ2) is 7.19. The fraction of sp³-hybridized carbons (Fsp3) is 0.600. The van der Waals surface area contributed by atoms with Crippen molar-refractivity contribution in [3.63, 3.8) is 0 Å². The van der Waals surface area contributed by atoms with Gasteiger partial charge < -0.3 is 15.5 Å². The second-order valence-corrected chi connectivity index (χ2v) is 8.03. The minimum absolute atomic E-state index is 0.0312. The summed E-state index contributed by atoms with van der Waals surface area (Å²) in [5.74, 6) is -1.94. The van der Waals surface area contributed by atoms with E-state index in [0.29, 0.717) is 19.5 Å². The van der Waals surface area contributed by atoms with Crippen LogP contribution in [0, 0.1) is 17.6 Å². The van der Waals surface area contributed by atoms with E-state index in [0.717, 1.165) is 44.2 Å². The molecule has 3 unspecified atom stereocenters. The van der Waals surface area contributed by atoms with Gasteiger partial charge in [0.2, 0.25) is 5.91 Å². The fourth-order valence-electron chi connectivity index (χ4n) is 4.97. The molecule has 2 heterocycles. The van der Waals surface area contributed by atoms with E-state index in [9.17, 15) is 18.4 Å². The summed E-state index contributed by atoms with van der Waals surface area (Å²) in [6.45, 7) is 1.09. The third-order valence-electron chi connectivity index (χ3n) is 6.31. The topological polar surface area (TPSA) is 66.6 Å². The van der Waals surface area contributed by atoms with E-state index in [1.165, 1.54) is 6.07 Å². The van der Waals surface area contributed by atoms with Crippen LogP contribution in [0.25, 0.3) is 0 Å². The summed E-state index contributed by atoms with van der Waals surface area (Å²) in [6, 6.07) is 2.31. The van der Waals surface area contributed by atoms with Gasteiger partial charge in [0.1, 0.15) is 17.7 Å². The lowest BCUT2D eigenvalue weighted by atomic mass is 9.84. The number of hydrogen-bond donors (Lipinski definition) is 1. The highest BCUT2D eigenvalue weighted by atomic mass is 19.1. The number of hydrogen-bond acceptors (Lipinski definition) is 3. The first-order valence-corrected chi connectivity index (χ1v) is 9.78. The summed E-state index contributed by atoms with van der Waals surface area (Å²) >= 11 is 0. The summed E-state index contributed by atoms with van der Waals surface area (Å²) in [4.78, 5) is 29.7. The summed E-state index contributed by atoms with van der Waals surface area (Å²) in [5, 5.41) is 0. The van der Waals surface area contributed by atoms with Gasteiger partial charge in [-0.1, -0.05) is 12.8 Å². The molecule has 146 valence electrons. The van der Waals surface area contributed by atoms with Crippen LogP contribution in [-0.2, 0) is 4.79 Å². The molecule has 1 saturated carbocycles. The Bertz CT molecular complexity index is 757. The molecule has 7 heteroatoms. The number of rotatable bonds is 2. The molecule has 0 spiro atoms. The van der Waals surface area contributed by atoms with Crippen LogP contribution in [0.3, 0.4) is 0 Å². The van der Waals surface area contributed by atoms with Gasteiger partial charge in [0, 0.05) is 31.2 Å². The quantitative estimate of drug-likeness (QED) is 0.860. The highest BCUT2D eigenvalue weighted by Gasteiger charge is 2.49. The van der Waals surface area contributed by atoms with Crippen LogP contribution in [0.4, 0.5) is 8.78 Å². The van der Waals surface area contributed by atoms with Gasteiger partial charge in [0.25, 0.3) is 5.91 Å². The lowest BCUT2D eigenvalue weighted by Crippen LogP contribution is -2.50. The van der Waals surface area contributed by atoms with Gasteiger partial charge >= 0.3 is 0 Å². The van der Waals surface area contributed by atoms with Crippen molar-refractivity contribution in [2.75, 3.05) is 13.1 Å². The Hall–Kier alpha value is -2.02. The van der Waals surface area contributed by atoms with Crippen LogP contribution >= 0.6 is 0 Å². The molecule has 0 aromatic heterocycles. The predicted molar refractivity (Wildman–Crippen MR) is 95.9 cm³/mol. The number of benzene rings is 1. The normalized spacial score (nSPS) is 30.5. The molecule has 2 saturated heterocycles. The Kier molecular flexibility index (Phi) is 4.88. The zero-order valence-electron chi connectivity index (χ0n) is 15.2. The molecule has 3 aliphatic rings. The van der Waals surface area contributed by atoms with Gasteiger partial charge in [0.05, 0.1) is 5.56 Å². The molecule has 4 atom stereocenters. The van der Waals surface area contributed by atoms with Crippen molar-refractivity contribution in [3.05, 3.63) is 35.4 Å². The van der Waals surface area contributed by atoms with E-state index < -0.39 is 23.6 Å². The largest absolute Gasteiger partial charge is 0.339 e. The van der Waals surface area contributed by atoms with Crippen molar-refractivity contribution >= 4 is 11.8 Å². The van der Waals surface area contributed by atoms with E-state index in [2.05, 4.69) is 0 Å². The third kappa shape index (κ3) is 3.33. The Labute approximate surface area is 157 Å². The second-order valence-electron chi connectivity index (χ2n) is 8.03. The van der Waals surface area contributed by atoms with Gasteiger partial charge in [-0.3, -0.25) is 9.59 Å². The number of halogens is 2. The molecule has 27 heavy (non-hydrogen) atoms. The molecule has 2 aliphatic heterocycles. The number of carbonyl (C=O) groups is 2. The predicted octanol–water partition coefficient (Wildman–Crippen LogP) is 2.30. The molecule has 2 amide bonds.